The van der Waals surface area contributed by atoms with Gasteiger partial charge in [0.25, 0.3) is 0 Å². The molecule has 0 amide bonds. The van der Waals surface area contributed by atoms with Gasteiger partial charge in [0.05, 0.1) is 11.3 Å². The van der Waals surface area contributed by atoms with E-state index in [0.717, 1.165) is 27.3 Å². The zero-order chi connectivity index (χ0) is 13.2. The molecule has 3 nitrogen and oxygen atoms in total. The molecule has 0 atom stereocenters. The summed E-state index contributed by atoms with van der Waals surface area (Å²) in [6.45, 7) is 2.89. The van der Waals surface area contributed by atoms with Crippen LogP contribution < -0.4 is 0 Å². The smallest absolute Gasteiger partial charge is 0.180 e. The number of Topliss-reactive ketones (excluding diaryl/α,β-unsaturated/α-hetero) is 1. The third-order valence-electron chi connectivity index (χ3n) is 3.16. The molecule has 0 fully saturated rings. The van der Waals surface area contributed by atoms with Gasteiger partial charge in [-0.05, 0) is 24.4 Å². The Labute approximate surface area is 115 Å². The minimum Gasteiger partial charge on any atom is -0.335 e. The second-order valence-corrected chi connectivity index (χ2v) is 5.46. The second kappa shape index (κ2) is 4.97. The van der Waals surface area contributed by atoms with Crippen LogP contribution in [-0.2, 0) is 13.0 Å². The lowest BCUT2D eigenvalue weighted by Crippen LogP contribution is -2.08. The van der Waals surface area contributed by atoms with E-state index < -0.39 is 0 Å². The summed E-state index contributed by atoms with van der Waals surface area (Å²) < 4.78 is 3.16. The van der Waals surface area contributed by atoms with Crippen molar-refractivity contribution < 1.29 is 4.79 Å². The van der Waals surface area contributed by atoms with E-state index in [9.17, 15) is 4.79 Å². The molecule has 0 aliphatic heterocycles. The van der Waals surface area contributed by atoms with Gasteiger partial charge in [0.1, 0.15) is 5.82 Å². The lowest BCUT2D eigenvalue weighted by Gasteiger charge is -2.02. The van der Waals surface area contributed by atoms with Gasteiger partial charge in [0.15, 0.2) is 5.78 Å². The summed E-state index contributed by atoms with van der Waals surface area (Å²) in [5.74, 6) is 0.979. The van der Waals surface area contributed by atoms with E-state index in [2.05, 4.69) is 11.9 Å². The number of rotatable bonds is 4. The molecule has 2 heterocycles. The lowest BCUT2D eigenvalue weighted by atomic mass is 10.2. The van der Waals surface area contributed by atoms with E-state index in [0.29, 0.717) is 6.42 Å². The zero-order valence-electron chi connectivity index (χ0n) is 10.7. The van der Waals surface area contributed by atoms with Crippen LogP contribution in [0.3, 0.4) is 0 Å². The van der Waals surface area contributed by atoms with Gasteiger partial charge >= 0.3 is 0 Å². The number of imidazole rings is 1. The summed E-state index contributed by atoms with van der Waals surface area (Å²) in [5.41, 5.74) is 0. The van der Waals surface area contributed by atoms with Crippen LogP contribution >= 0.6 is 11.3 Å². The van der Waals surface area contributed by atoms with Crippen molar-refractivity contribution >= 4 is 27.2 Å². The van der Waals surface area contributed by atoms with Crippen LogP contribution in [-0.4, -0.2) is 15.3 Å². The summed E-state index contributed by atoms with van der Waals surface area (Å²) in [5, 5.41) is 1.13. The van der Waals surface area contributed by atoms with Gasteiger partial charge in [-0.1, -0.05) is 18.2 Å². The average molecular weight is 270 g/mol. The number of thiophene rings is 1. The molecule has 1 aromatic carbocycles. The second-order valence-electron chi connectivity index (χ2n) is 4.38. The average Bonchev–Trinajstić information content (AvgIpc) is 3.03. The lowest BCUT2D eigenvalue weighted by molar-refractivity contribution is 0.0993. The third kappa shape index (κ3) is 2.31. The van der Waals surface area contributed by atoms with Crippen molar-refractivity contribution in [2.75, 3.05) is 0 Å². The minimum absolute atomic E-state index is 0.141. The van der Waals surface area contributed by atoms with E-state index in [-0.39, 0.29) is 5.78 Å². The number of ketones is 1. The molecule has 0 radical (unpaired) electrons. The number of hydrogen-bond acceptors (Lipinski definition) is 3. The first kappa shape index (κ1) is 12.1. The molecule has 0 N–H and O–H groups in total. The Morgan fingerprint density at radius 3 is 3.00 bits per heavy atom. The molecule has 2 aromatic heterocycles. The van der Waals surface area contributed by atoms with Crippen LogP contribution in [0, 0.1) is 0 Å². The summed E-state index contributed by atoms with van der Waals surface area (Å²) in [6.07, 6.45) is 4.03. The van der Waals surface area contributed by atoms with Gasteiger partial charge in [-0.15, -0.1) is 11.3 Å². The molecule has 3 rings (SSSR count). The van der Waals surface area contributed by atoms with Gasteiger partial charge in [0, 0.05) is 23.6 Å². The number of fused-ring (bicyclic) bond motifs is 1. The molecule has 0 saturated heterocycles. The van der Waals surface area contributed by atoms with Gasteiger partial charge < -0.3 is 4.57 Å². The molecule has 0 saturated carbocycles. The molecule has 4 heteroatoms. The first-order valence-corrected chi connectivity index (χ1v) is 7.11. The molecule has 0 unspecified atom stereocenters. The van der Waals surface area contributed by atoms with Crippen LogP contribution in [0.1, 0.15) is 22.4 Å². The Bertz CT molecular complexity index is 693. The van der Waals surface area contributed by atoms with Gasteiger partial charge in [-0.25, -0.2) is 4.98 Å². The quantitative estimate of drug-likeness (QED) is 0.680. The molecule has 0 aliphatic carbocycles. The number of carbonyl (C=O) groups is 1. The Morgan fingerprint density at radius 1 is 1.37 bits per heavy atom. The molecular formula is C15H14N2OS. The minimum atomic E-state index is 0.141. The summed E-state index contributed by atoms with van der Waals surface area (Å²) in [6, 6.07) is 10.0. The SMILES string of the molecule is CCn1ccnc1CC(=O)c1cc2ccccc2s1. The fraction of sp³-hybridized carbons (Fsp3) is 0.200. The number of aromatic nitrogens is 2. The van der Waals surface area contributed by atoms with Crippen molar-refractivity contribution in [3.8, 4) is 0 Å². The van der Waals surface area contributed by atoms with Crippen molar-refractivity contribution in [2.45, 2.75) is 19.9 Å². The molecule has 0 aliphatic rings. The maximum atomic E-state index is 12.3. The van der Waals surface area contributed by atoms with Gasteiger partial charge in [-0.2, -0.15) is 0 Å². The number of nitrogens with zero attached hydrogens (tertiary/aromatic N) is 2. The third-order valence-corrected chi connectivity index (χ3v) is 4.32. The standard InChI is InChI=1S/C15H14N2OS/c1-2-17-8-7-16-15(17)10-12(18)14-9-11-5-3-4-6-13(11)19-14/h3-9H,2,10H2,1H3. The Morgan fingerprint density at radius 2 is 2.21 bits per heavy atom. The molecule has 0 bridgehead atoms. The Kier molecular flexibility index (Phi) is 3.17. The zero-order valence-corrected chi connectivity index (χ0v) is 11.5. The number of carbonyl (C=O) groups excluding carboxylic acids is 1. The maximum Gasteiger partial charge on any atom is 0.180 e. The molecule has 3 aromatic rings. The van der Waals surface area contributed by atoms with E-state index in [1.807, 2.05) is 41.1 Å². The first-order chi connectivity index (χ1) is 9.28. The Hall–Kier alpha value is -1.94. The Balaban J connectivity index is 1.87. The van der Waals surface area contributed by atoms with E-state index in [1.165, 1.54) is 0 Å². The van der Waals surface area contributed by atoms with Crippen LogP contribution in [0.2, 0.25) is 0 Å². The maximum absolute atomic E-state index is 12.3. The predicted octanol–water partition coefficient (Wildman–Crippen LogP) is 3.54. The molecule has 0 spiro atoms. The van der Waals surface area contributed by atoms with E-state index in [1.54, 1.807) is 17.5 Å². The summed E-state index contributed by atoms with van der Waals surface area (Å²) >= 11 is 1.55. The number of aryl methyl sites for hydroxylation is 1. The number of benzene rings is 1. The van der Waals surface area contributed by atoms with Crippen LogP contribution in [0.15, 0.2) is 42.7 Å². The van der Waals surface area contributed by atoms with Crippen molar-refractivity contribution in [3.05, 3.63) is 53.4 Å². The summed E-state index contributed by atoms with van der Waals surface area (Å²) in [4.78, 5) is 17.4. The fourth-order valence-corrected chi connectivity index (χ4v) is 3.15. The van der Waals surface area contributed by atoms with Crippen LogP contribution in [0.5, 0.6) is 0 Å². The fourth-order valence-electron chi connectivity index (χ4n) is 2.15. The summed E-state index contributed by atoms with van der Waals surface area (Å²) in [7, 11) is 0. The van der Waals surface area contributed by atoms with Crippen molar-refractivity contribution in [2.24, 2.45) is 0 Å². The van der Waals surface area contributed by atoms with Crippen LogP contribution in [0.25, 0.3) is 10.1 Å². The highest BCUT2D eigenvalue weighted by atomic mass is 32.1. The van der Waals surface area contributed by atoms with Crippen molar-refractivity contribution in [1.82, 2.24) is 9.55 Å². The highest BCUT2D eigenvalue weighted by molar-refractivity contribution is 7.20. The molecule has 96 valence electrons. The largest absolute Gasteiger partial charge is 0.335 e. The highest BCUT2D eigenvalue weighted by Crippen LogP contribution is 2.26. The molecular weight excluding hydrogens is 256 g/mol. The van der Waals surface area contributed by atoms with Gasteiger partial charge in [-0.3, -0.25) is 4.79 Å². The van der Waals surface area contributed by atoms with E-state index in [4.69, 9.17) is 0 Å². The van der Waals surface area contributed by atoms with Gasteiger partial charge in [0.2, 0.25) is 0 Å². The predicted molar refractivity (Wildman–Crippen MR) is 77.8 cm³/mol. The van der Waals surface area contributed by atoms with E-state index >= 15 is 0 Å². The monoisotopic (exact) mass is 270 g/mol. The van der Waals surface area contributed by atoms with Crippen molar-refractivity contribution in [1.29, 1.82) is 0 Å². The topological polar surface area (TPSA) is 34.9 Å². The molecule has 19 heavy (non-hydrogen) atoms. The highest BCUT2D eigenvalue weighted by Gasteiger charge is 2.13. The first-order valence-electron chi connectivity index (χ1n) is 6.29. The number of hydrogen-bond donors (Lipinski definition) is 0. The normalized spacial score (nSPS) is 11.0. The van der Waals surface area contributed by atoms with Crippen molar-refractivity contribution in [3.63, 3.8) is 0 Å². The van der Waals surface area contributed by atoms with Crippen LogP contribution in [0.4, 0.5) is 0 Å².